The summed E-state index contributed by atoms with van der Waals surface area (Å²) in [6, 6.07) is 8.79. The fourth-order valence-corrected chi connectivity index (χ4v) is 3.91. The highest BCUT2D eigenvalue weighted by molar-refractivity contribution is 7.89. The molecule has 0 spiro atoms. The fraction of sp³-hybridized carbons (Fsp3) is 0.316. The Hall–Kier alpha value is -2.78. The lowest BCUT2D eigenvalue weighted by molar-refractivity contribution is -0.114. The van der Waals surface area contributed by atoms with Gasteiger partial charge in [0, 0.05) is 24.6 Å². The summed E-state index contributed by atoms with van der Waals surface area (Å²) >= 11 is 0. The summed E-state index contributed by atoms with van der Waals surface area (Å²) < 4.78 is 44.0. The predicted octanol–water partition coefficient (Wildman–Crippen LogP) is 2.71. The molecule has 2 aromatic rings. The van der Waals surface area contributed by atoms with E-state index in [0.29, 0.717) is 22.7 Å². The second-order valence-electron chi connectivity index (χ2n) is 5.99. The van der Waals surface area contributed by atoms with E-state index in [1.165, 1.54) is 46.5 Å². The van der Waals surface area contributed by atoms with Crippen molar-refractivity contribution in [1.29, 1.82) is 0 Å². The van der Waals surface area contributed by atoms with E-state index in [4.69, 9.17) is 14.2 Å². The molecular weight excluding hydrogens is 384 g/mol. The van der Waals surface area contributed by atoms with Crippen molar-refractivity contribution in [2.45, 2.75) is 24.8 Å². The van der Waals surface area contributed by atoms with Gasteiger partial charge < -0.3 is 19.5 Å². The topological polar surface area (TPSA) is 103 Å². The summed E-state index contributed by atoms with van der Waals surface area (Å²) in [4.78, 5) is 11.3. The second kappa shape index (κ2) is 8.94. The third-order valence-corrected chi connectivity index (χ3v) is 5.57. The highest BCUT2D eigenvalue weighted by atomic mass is 32.2. The molecule has 1 amide bonds. The summed E-state index contributed by atoms with van der Waals surface area (Å²) in [5, 5.41) is 2.59. The molecule has 28 heavy (non-hydrogen) atoms. The van der Waals surface area contributed by atoms with Gasteiger partial charge in [-0.05, 0) is 37.3 Å². The number of carbonyl (C=O) groups excluding carboxylic acids is 1. The van der Waals surface area contributed by atoms with Crippen LogP contribution in [0, 0.1) is 0 Å². The lowest BCUT2D eigenvalue weighted by atomic mass is 10.1. The van der Waals surface area contributed by atoms with Gasteiger partial charge in [0.05, 0.1) is 31.9 Å². The Balaban J connectivity index is 2.34. The van der Waals surface area contributed by atoms with E-state index in [-0.39, 0.29) is 16.6 Å². The van der Waals surface area contributed by atoms with E-state index in [9.17, 15) is 13.2 Å². The molecule has 2 aromatic carbocycles. The number of ether oxygens (including phenoxy) is 3. The van der Waals surface area contributed by atoms with Crippen LogP contribution >= 0.6 is 0 Å². The van der Waals surface area contributed by atoms with Gasteiger partial charge in [-0.3, -0.25) is 4.79 Å². The molecule has 0 saturated heterocycles. The average molecular weight is 408 g/mol. The molecule has 0 aromatic heterocycles. The zero-order valence-electron chi connectivity index (χ0n) is 16.4. The number of nitrogens with one attached hydrogen (secondary N) is 2. The minimum atomic E-state index is -3.87. The van der Waals surface area contributed by atoms with Crippen molar-refractivity contribution in [3.8, 4) is 17.2 Å². The Labute approximate surface area is 164 Å². The number of carbonyl (C=O) groups is 1. The molecule has 8 nitrogen and oxygen atoms in total. The van der Waals surface area contributed by atoms with Crippen LogP contribution in [-0.2, 0) is 14.8 Å². The van der Waals surface area contributed by atoms with Gasteiger partial charge in [0.2, 0.25) is 15.9 Å². The van der Waals surface area contributed by atoms with E-state index in [1.807, 2.05) is 0 Å². The predicted molar refractivity (Wildman–Crippen MR) is 106 cm³/mol. The number of rotatable bonds is 8. The maximum absolute atomic E-state index is 12.8. The molecule has 0 unspecified atom stereocenters. The molecule has 2 N–H and O–H groups in total. The van der Waals surface area contributed by atoms with Gasteiger partial charge in [0.15, 0.2) is 0 Å². The van der Waals surface area contributed by atoms with Gasteiger partial charge in [-0.15, -0.1) is 0 Å². The molecule has 0 fully saturated rings. The Morgan fingerprint density at radius 2 is 1.64 bits per heavy atom. The fourth-order valence-electron chi connectivity index (χ4n) is 2.67. The van der Waals surface area contributed by atoms with Crippen LogP contribution in [0.15, 0.2) is 41.3 Å². The maximum atomic E-state index is 12.8. The molecule has 0 aliphatic rings. The van der Waals surface area contributed by atoms with Crippen molar-refractivity contribution in [1.82, 2.24) is 4.72 Å². The molecule has 0 radical (unpaired) electrons. The lowest BCUT2D eigenvalue weighted by Crippen LogP contribution is -2.27. The van der Waals surface area contributed by atoms with Crippen molar-refractivity contribution in [2.24, 2.45) is 0 Å². The van der Waals surface area contributed by atoms with Gasteiger partial charge in [0.25, 0.3) is 0 Å². The van der Waals surface area contributed by atoms with E-state index in [2.05, 4.69) is 10.0 Å². The van der Waals surface area contributed by atoms with Crippen LogP contribution < -0.4 is 24.2 Å². The highest BCUT2D eigenvalue weighted by Crippen LogP contribution is 2.31. The van der Waals surface area contributed by atoms with Crippen LogP contribution in [0.4, 0.5) is 5.69 Å². The molecule has 152 valence electrons. The number of benzene rings is 2. The van der Waals surface area contributed by atoms with Gasteiger partial charge >= 0.3 is 0 Å². The van der Waals surface area contributed by atoms with Gasteiger partial charge in [-0.2, -0.15) is 0 Å². The minimum Gasteiger partial charge on any atom is -0.497 e. The molecule has 0 bridgehead atoms. The zero-order chi connectivity index (χ0) is 20.9. The molecule has 2 rings (SSSR count). The van der Waals surface area contributed by atoms with Crippen molar-refractivity contribution in [3.05, 3.63) is 42.0 Å². The Morgan fingerprint density at radius 3 is 2.21 bits per heavy atom. The SMILES string of the molecule is COc1ccc(OC)c([C@@H](C)NS(=O)(=O)c2ccc(NC(C)=O)c(OC)c2)c1. The quantitative estimate of drug-likeness (QED) is 0.696. The second-order valence-corrected chi connectivity index (χ2v) is 7.71. The molecule has 0 aliphatic carbocycles. The summed E-state index contributed by atoms with van der Waals surface area (Å²) in [6.45, 7) is 3.06. The highest BCUT2D eigenvalue weighted by Gasteiger charge is 2.22. The summed E-state index contributed by atoms with van der Waals surface area (Å²) in [7, 11) is 0.571. The number of methoxy groups -OCH3 is 3. The Morgan fingerprint density at radius 1 is 0.964 bits per heavy atom. The zero-order valence-corrected chi connectivity index (χ0v) is 17.2. The van der Waals surface area contributed by atoms with Gasteiger partial charge in [-0.1, -0.05) is 0 Å². The average Bonchev–Trinajstić information content (AvgIpc) is 2.66. The third kappa shape index (κ3) is 4.93. The van der Waals surface area contributed by atoms with E-state index < -0.39 is 16.1 Å². The van der Waals surface area contributed by atoms with Crippen molar-refractivity contribution in [3.63, 3.8) is 0 Å². The molecule has 0 aliphatic heterocycles. The molecule has 1 atom stereocenters. The van der Waals surface area contributed by atoms with Gasteiger partial charge in [0.1, 0.15) is 17.2 Å². The van der Waals surface area contributed by atoms with Crippen molar-refractivity contribution in [2.75, 3.05) is 26.6 Å². The standard InChI is InChI=1S/C19H24N2O6S/c1-12(16-10-14(25-3)6-9-18(16)26-4)21-28(23,24)15-7-8-17(20-13(2)22)19(11-15)27-5/h6-12,21H,1-5H3,(H,20,22)/t12-/m1/s1. The monoisotopic (exact) mass is 408 g/mol. The summed E-state index contributed by atoms with van der Waals surface area (Å²) in [6.07, 6.45) is 0. The maximum Gasteiger partial charge on any atom is 0.241 e. The van der Waals surface area contributed by atoms with Crippen LogP contribution in [0.2, 0.25) is 0 Å². The minimum absolute atomic E-state index is 0.00663. The number of hydrogen-bond acceptors (Lipinski definition) is 6. The van der Waals surface area contributed by atoms with E-state index in [1.54, 1.807) is 25.1 Å². The molecule has 0 saturated carbocycles. The lowest BCUT2D eigenvalue weighted by Gasteiger charge is -2.19. The molecule has 9 heteroatoms. The number of sulfonamides is 1. The van der Waals surface area contributed by atoms with Crippen molar-refractivity contribution >= 4 is 21.6 Å². The first-order valence-electron chi connectivity index (χ1n) is 8.41. The molecular formula is C19H24N2O6S. The first-order valence-corrected chi connectivity index (χ1v) is 9.90. The summed E-state index contributed by atoms with van der Waals surface area (Å²) in [5.41, 5.74) is 1.02. The van der Waals surface area contributed by atoms with Crippen molar-refractivity contribution < 1.29 is 27.4 Å². The Bertz CT molecular complexity index is 959. The Kier molecular flexibility index (Phi) is 6.87. The first kappa shape index (κ1) is 21.5. The van der Waals surface area contributed by atoms with Crippen LogP contribution in [0.3, 0.4) is 0 Å². The number of amides is 1. The van der Waals surface area contributed by atoms with E-state index in [0.717, 1.165) is 0 Å². The number of hydrogen-bond donors (Lipinski definition) is 2. The first-order chi connectivity index (χ1) is 13.2. The largest absolute Gasteiger partial charge is 0.497 e. The smallest absolute Gasteiger partial charge is 0.241 e. The third-order valence-electron chi connectivity index (χ3n) is 4.03. The van der Waals surface area contributed by atoms with Crippen LogP contribution in [-0.4, -0.2) is 35.7 Å². The molecule has 0 heterocycles. The number of anilines is 1. The van der Waals surface area contributed by atoms with Crippen LogP contribution in [0.5, 0.6) is 17.2 Å². The van der Waals surface area contributed by atoms with Crippen LogP contribution in [0.25, 0.3) is 0 Å². The summed E-state index contributed by atoms with van der Waals surface area (Å²) in [5.74, 6) is 1.08. The van der Waals surface area contributed by atoms with E-state index >= 15 is 0 Å². The normalized spacial score (nSPS) is 12.2. The van der Waals surface area contributed by atoms with Crippen LogP contribution in [0.1, 0.15) is 25.5 Å². The van der Waals surface area contributed by atoms with Gasteiger partial charge in [-0.25, -0.2) is 13.1 Å².